The van der Waals surface area contributed by atoms with Crippen molar-refractivity contribution in [2.24, 2.45) is 0 Å². The van der Waals surface area contributed by atoms with Crippen LogP contribution >= 0.6 is 0 Å². The molecule has 23 heavy (non-hydrogen) atoms. The maximum atomic E-state index is 10.1. The van der Waals surface area contributed by atoms with Crippen molar-refractivity contribution in [3.8, 4) is 0 Å². The molecular weight excluding hydrogens is 316 g/mol. The molecule has 10 heteroatoms. The molecule has 0 radical (unpaired) electrons. The Morgan fingerprint density at radius 1 is 0.957 bits per heavy atom. The maximum absolute atomic E-state index is 10.1. The summed E-state index contributed by atoms with van der Waals surface area (Å²) in [7, 11) is 2.78. The number of rotatable bonds is 5. The van der Waals surface area contributed by atoms with Crippen LogP contribution in [-0.2, 0) is 23.7 Å². The molecule has 5 N–H and O–H groups in total. The van der Waals surface area contributed by atoms with Crippen LogP contribution in [0.15, 0.2) is 0 Å². The van der Waals surface area contributed by atoms with Crippen molar-refractivity contribution in [1.82, 2.24) is 0 Å². The zero-order valence-corrected chi connectivity index (χ0v) is 12.9. The van der Waals surface area contributed by atoms with E-state index in [4.69, 9.17) is 23.7 Å². The first-order chi connectivity index (χ1) is 10.9. The van der Waals surface area contributed by atoms with E-state index in [1.54, 1.807) is 0 Å². The minimum atomic E-state index is -1.64. The molecular formula is C13H24O10. The first kappa shape index (κ1) is 18.9. The highest BCUT2D eigenvalue weighted by Crippen LogP contribution is 2.28. The summed E-state index contributed by atoms with van der Waals surface area (Å²) in [5, 5.41) is 48.4. The van der Waals surface area contributed by atoms with E-state index >= 15 is 0 Å². The SMILES string of the molecule is CO[C@@H]1[C@@H](OC)[C@H](O[C@H]2[C@H](O)[C@@H](O)[C@H](O)O[C@@H]2CO)OC[C@H]1O. The molecule has 2 rings (SSSR count). The van der Waals surface area contributed by atoms with E-state index < -0.39 is 61.9 Å². The fourth-order valence-electron chi connectivity index (χ4n) is 2.80. The van der Waals surface area contributed by atoms with Gasteiger partial charge in [-0.05, 0) is 0 Å². The van der Waals surface area contributed by atoms with Crippen LogP contribution in [0, 0.1) is 0 Å². The molecule has 2 heterocycles. The van der Waals surface area contributed by atoms with Gasteiger partial charge in [0.05, 0.1) is 13.2 Å². The molecule has 0 aromatic carbocycles. The van der Waals surface area contributed by atoms with Crippen molar-refractivity contribution in [3.63, 3.8) is 0 Å². The summed E-state index contributed by atoms with van der Waals surface area (Å²) in [6.07, 6.45) is -10.5. The van der Waals surface area contributed by atoms with Crippen LogP contribution in [0.2, 0.25) is 0 Å². The molecule has 2 aliphatic rings. The molecule has 9 atom stereocenters. The summed E-state index contributed by atoms with van der Waals surface area (Å²) in [5.74, 6) is 0. The van der Waals surface area contributed by atoms with Gasteiger partial charge in [-0.1, -0.05) is 0 Å². The molecule has 0 aromatic rings. The smallest absolute Gasteiger partial charge is 0.187 e. The van der Waals surface area contributed by atoms with Gasteiger partial charge < -0.3 is 49.2 Å². The van der Waals surface area contributed by atoms with Crippen molar-refractivity contribution in [2.45, 2.75) is 55.3 Å². The number of ether oxygens (including phenoxy) is 5. The van der Waals surface area contributed by atoms with Gasteiger partial charge in [0.1, 0.15) is 42.7 Å². The molecule has 2 saturated heterocycles. The van der Waals surface area contributed by atoms with Crippen LogP contribution < -0.4 is 0 Å². The van der Waals surface area contributed by atoms with Crippen LogP contribution in [0.25, 0.3) is 0 Å². The van der Waals surface area contributed by atoms with Gasteiger partial charge in [0.15, 0.2) is 12.6 Å². The van der Waals surface area contributed by atoms with Gasteiger partial charge in [0, 0.05) is 14.2 Å². The van der Waals surface area contributed by atoms with Crippen molar-refractivity contribution in [3.05, 3.63) is 0 Å². The van der Waals surface area contributed by atoms with E-state index in [2.05, 4.69) is 0 Å². The molecule has 2 fully saturated rings. The maximum Gasteiger partial charge on any atom is 0.187 e. The Balaban J connectivity index is 2.11. The highest BCUT2D eigenvalue weighted by Gasteiger charge is 2.49. The third kappa shape index (κ3) is 3.82. The number of hydrogen-bond acceptors (Lipinski definition) is 10. The van der Waals surface area contributed by atoms with Gasteiger partial charge in [0.25, 0.3) is 0 Å². The lowest BCUT2D eigenvalue weighted by atomic mass is 9.98. The Bertz CT molecular complexity index is 367. The Kier molecular flexibility index (Phi) is 6.68. The van der Waals surface area contributed by atoms with Crippen molar-refractivity contribution in [2.75, 3.05) is 27.4 Å². The summed E-state index contributed by atoms with van der Waals surface area (Å²) in [6.45, 7) is -0.631. The van der Waals surface area contributed by atoms with E-state index in [1.807, 2.05) is 0 Å². The van der Waals surface area contributed by atoms with Crippen LogP contribution in [0.3, 0.4) is 0 Å². The summed E-state index contributed by atoms with van der Waals surface area (Å²) in [6, 6.07) is 0. The standard InChI is InChI=1S/C13H24O10/c1-19-9-5(15)4-21-13(11(9)20-2)23-10-6(3-14)22-12(18)8(17)7(10)16/h5-18H,3-4H2,1-2H3/t5-,6-,7-,8-,9+,10-,11-,12-,13+/m1/s1. The number of methoxy groups -OCH3 is 2. The summed E-state index contributed by atoms with van der Waals surface area (Å²) >= 11 is 0. The molecule has 0 aromatic heterocycles. The van der Waals surface area contributed by atoms with Gasteiger partial charge in [-0.2, -0.15) is 0 Å². The molecule has 0 bridgehead atoms. The Hall–Kier alpha value is -0.400. The van der Waals surface area contributed by atoms with Gasteiger partial charge in [0.2, 0.25) is 0 Å². The Labute approximate surface area is 133 Å². The molecule has 136 valence electrons. The van der Waals surface area contributed by atoms with Crippen molar-refractivity contribution >= 4 is 0 Å². The fraction of sp³-hybridized carbons (Fsp3) is 1.00. The van der Waals surface area contributed by atoms with Gasteiger partial charge >= 0.3 is 0 Å². The third-order valence-electron chi connectivity index (χ3n) is 4.08. The largest absolute Gasteiger partial charge is 0.394 e. The first-order valence-electron chi connectivity index (χ1n) is 7.25. The van der Waals surface area contributed by atoms with Gasteiger partial charge in [-0.25, -0.2) is 0 Å². The number of hydrogen-bond donors (Lipinski definition) is 5. The lowest BCUT2D eigenvalue weighted by Gasteiger charge is -2.44. The van der Waals surface area contributed by atoms with Crippen LogP contribution in [0.1, 0.15) is 0 Å². The molecule has 0 spiro atoms. The lowest BCUT2D eigenvalue weighted by Crippen LogP contribution is -2.63. The Morgan fingerprint density at radius 3 is 2.17 bits per heavy atom. The summed E-state index contributed by atoms with van der Waals surface area (Å²) in [4.78, 5) is 0. The van der Waals surface area contributed by atoms with Crippen LogP contribution in [-0.4, -0.2) is 108 Å². The predicted molar refractivity (Wildman–Crippen MR) is 72.2 cm³/mol. The summed E-state index contributed by atoms with van der Waals surface area (Å²) in [5.41, 5.74) is 0. The molecule has 2 aliphatic heterocycles. The second-order valence-corrected chi connectivity index (χ2v) is 5.50. The average molecular weight is 340 g/mol. The van der Waals surface area contributed by atoms with Gasteiger partial charge in [-0.3, -0.25) is 0 Å². The van der Waals surface area contributed by atoms with Crippen molar-refractivity contribution < 1.29 is 49.2 Å². The zero-order valence-electron chi connectivity index (χ0n) is 12.9. The molecule has 0 aliphatic carbocycles. The van der Waals surface area contributed by atoms with E-state index in [1.165, 1.54) is 14.2 Å². The zero-order chi connectivity index (χ0) is 17.1. The van der Waals surface area contributed by atoms with Crippen molar-refractivity contribution in [1.29, 1.82) is 0 Å². The van der Waals surface area contributed by atoms with E-state index in [-0.39, 0.29) is 6.61 Å². The highest BCUT2D eigenvalue weighted by atomic mass is 16.7. The fourth-order valence-corrected chi connectivity index (χ4v) is 2.80. The predicted octanol–water partition coefficient (Wildman–Crippen LogP) is -3.45. The highest BCUT2D eigenvalue weighted by molar-refractivity contribution is 4.92. The second-order valence-electron chi connectivity index (χ2n) is 5.50. The topological polar surface area (TPSA) is 147 Å². The minimum Gasteiger partial charge on any atom is -0.394 e. The number of aliphatic hydroxyl groups excluding tert-OH is 5. The van der Waals surface area contributed by atoms with Crippen LogP contribution in [0.5, 0.6) is 0 Å². The normalized spacial score (nSPS) is 48.4. The second kappa shape index (κ2) is 8.12. The van der Waals surface area contributed by atoms with E-state index in [0.29, 0.717) is 0 Å². The average Bonchev–Trinajstić information content (AvgIpc) is 2.55. The molecule has 0 unspecified atom stereocenters. The molecule has 0 saturated carbocycles. The van der Waals surface area contributed by atoms with Crippen LogP contribution in [0.4, 0.5) is 0 Å². The number of aliphatic hydroxyl groups is 5. The quantitative estimate of drug-likeness (QED) is 0.342. The van der Waals surface area contributed by atoms with E-state index in [9.17, 15) is 25.5 Å². The van der Waals surface area contributed by atoms with Gasteiger partial charge in [-0.15, -0.1) is 0 Å². The third-order valence-corrected chi connectivity index (χ3v) is 4.08. The lowest BCUT2D eigenvalue weighted by molar-refractivity contribution is -0.345. The molecule has 10 nitrogen and oxygen atoms in total. The minimum absolute atomic E-state index is 0.0817. The Morgan fingerprint density at radius 2 is 1.61 bits per heavy atom. The summed E-state index contributed by atoms with van der Waals surface area (Å²) < 4.78 is 26.4. The first-order valence-corrected chi connectivity index (χ1v) is 7.25. The monoisotopic (exact) mass is 340 g/mol. The van der Waals surface area contributed by atoms with E-state index in [0.717, 1.165) is 0 Å². The molecule has 0 amide bonds.